The molecule has 0 fully saturated rings. The first-order valence-electron chi connectivity index (χ1n) is 7.29. The molecule has 0 aromatic carbocycles. The summed E-state index contributed by atoms with van der Waals surface area (Å²) in [6.45, 7) is 10.6. The van der Waals surface area contributed by atoms with Gasteiger partial charge in [0.05, 0.1) is 6.04 Å². The number of carbonyl (C=O) groups excluding carboxylic acids is 2. The lowest BCUT2D eigenvalue weighted by Crippen LogP contribution is -2.48. The summed E-state index contributed by atoms with van der Waals surface area (Å²) in [7, 11) is 1.52. The molecule has 0 aliphatic heterocycles. The molecule has 0 aliphatic carbocycles. The van der Waals surface area contributed by atoms with Crippen LogP contribution < -0.4 is 5.32 Å². The van der Waals surface area contributed by atoms with Crippen molar-refractivity contribution < 1.29 is 19.1 Å². The number of alkyl carbamates (subject to hydrolysis) is 1. The molecule has 0 heterocycles. The molecule has 0 aromatic rings. The first-order chi connectivity index (χ1) is 10.4. The lowest BCUT2D eigenvalue weighted by atomic mass is 10.2. The minimum absolute atomic E-state index is 0.00202. The molecule has 0 unspecified atom stereocenters. The van der Waals surface area contributed by atoms with Crippen LogP contribution in [0.2, 0.25) is 0 Å². The zero-order valence-electron chi connectivity index (χ0n) is 14.9. The van der Waals surface area contributed by atoms with E-state index in [9.17, 15) is 9.59 Å². The SMILES string of the molecule is CN(C(=O)OC(C)(C)C)[C@H](CN=[N+]=[N-])CNC(=O)OC(C)(C)C. The second kappa shape index (κ2) is 8.47. The van der Waals surface area contributed by atoms with Gasteiger partial charge in [-0.3, -0.25) is 0 Å². The molecular formula is C14H27N5O4. The predicted octanol–water partition coefficient (Wildman–Crippen LogP) is 3.06. The predicted molar refractivity (Wildman–Crippen MR) is 86.0 cm³/mol. The highest BCUT2D eigenvalue weighted by Crippen LogP contribution is 2.11. The summed E-state index contributed by atoms with van der Waals surface area (Å²) >= 11 is 0. The number of carbonyl (C=O) groups is 2. The standard InChI is InChI=1S/C14H27N5O4/c1-13(2,3)22-11(20)16-8-10(9-17-18-15)19(7)12(21)23-14(4,5)6/h10H,8-9H2,1-7H3,(H,16,20)/t10-/m0/s1. The number of nitrogens with one attached hydrogen (secondary N) is 1. The van der Waals surface area contributed by atoms with Gasteiger partial charge in [0.2, 0.25) is 0 Å². The van der Waals surface area contributed by atoms with E-state index in [2.05, 4.69) is 15.3 Å². The van der Waals surface area contributed by atoms with Gasteiger partial charge in [-0.2, -0.15) is 0 Å². The number of rotatable bonds is 5. The van der Waals surface area contributed by atoms with Crippen molar-refractivity contribution in [2.75, 3.05) is 20.1 Å². The van der Waals surface area contributed by atoms with Crippen molar-refractivity contribution in [3.8, 4) is 0 Å². The number of ether oxygens (including phenoxy) is 2. The Morgan fingerprint density at radius 3 is 2.13 bits per heavy atom. The Kier molecular flexibility index (Phi) is 7.68. The van der Waals surface area contributed by atoms with Crippen LogP contribution in [0.3, 0.4) is 0 Å². The summed E-state index contributed by atoms with van der Waals surface area (Å²) in [6, 6.07) is -0.548. The summed E-state index contributed by atoms with van der Waals surface area (Å²) in [6.07, 6.45) is -1.18. The maximum absolute atomic E-state index is 12.1. The zero-order chi connectivity index (χ0) is 18.3. The summed E-state index contributed by atoms with van der Waals surface area (Å²) in [4.78, 5) is 27.7. The van der Waals surface area contributed by atoms with Gasteiger partial charge in [0.25, 0.3) is 0 Å². The molecule has 0 aromatic heterocycles. The van der Waals surface area contributed by atoms with Crippen molar-refractivity contribution in [3.63, 3.8) is 0 Å². The number of likely N-dealkylation sites (N-methyl/N-ethyl adjacent to an activating group) is 1. The van der Waals surface area contributed by atoms with Gasteiger partial charge in [0.15, 0.2) is 0 Å². The molecule has 0 radical (unpaired) electrons. The maximum atomic E-state index is 12.1. The van der Waals surface area contributed by atoms with Gasteiger partial charge in [-0.1, -0.05) is 5.11 Å². The van der Waals surface area contributed by atoms with Crippen molar-refractivity contribution >= 4 is 12.2 Å². The summed E-state index contributed by atoms with van der Waals surface area (Å²) in [5.41, 5.74) is 7.19. The maximum Gasteiger partial charge on any atom is 0.410 e. The van der Waals surface area contributed by atoms with Crippen molar-refractivity contribution in [2.24, 2.45) is 5.11 Å². The van der Waals surface area contributed by atoms with E-state index < -0.39 is 29.4 Å². The van der Waals surface area contributed by atoms with Crippen LogP contribution in [-0.4, -0.2) is 54.5 Å². The van der Waals surface area contributed by atoms with Gasteiger partial charge in [0.1, 0.15) is 11.2 Å². The number of hydrogen-bond acceptors (Lipinski definition) is 5. The Hall–Kier alpha value is -2.15. The van der Waals surface area contributed by atoms with E-state index in [1.54, 1.807) is 41.5 Å². The van der Waals surface area contributed by atoms with Gasteiger partial charge >= 0.3 is 12.2 Å². The van der Waals surface area contributed by atoms with E-state index in [0.29, 0.717) is 0 Å². The van der Waals surface area contributed by atoms with E-state index in [1.807, 2.05) is 0 Å². The molecular weight excluding hydrogens is 302 g/mol. The molecule has 0 aliphatic rings. The van der Waals surface area contributed by atoms with Crippen molar-refractivity contribution in [1.29, 1.82) is 0 Å². The molecule has 132 valence electrons. The Morgan fingerprint density at radius 1 is 1.17 bits per heavy atom. The summed E-state index contributed by atoms with van der Waals surface area (Å²) in [5.74, 6) is 0. The number of azide groups is 1. The highest BCUT2D eigenvalue weighted by atomic mass is 16.6. The van der Waals surface area contributed by atoms with Crippen LogP contribution in [-0.2, 0) is 9.47 Å². The van der Waals surface area contributed by atoms with Crippen LogP contribution in [0.1, 0.15) is 41.5 Å². The van der Waals surface area contributed by atoms with Crippen LogP contribution in [0.15, 0.2) is 5.11 Å². The Balaban J connectivity index is 4.77. The molecule has 0 saturated carbocycles. The number of hydrogen-bond donors (Lipinski definition) is 1. The van der Waals surface area contributed by atoms with Gasteiger partial charge < -0.3 is 19.7 Å². The molecule has 0 bridgehead atoms. The van der Waals surface area contributed by atoms with Gasteiger partial charge in [-0.15, -0.1) is 0 Å². The van der Waals surface area contributed by atoms with E-state index in [4.69, 9.17) is 15.0 Å². The molecule has 9 nitrogen and oxygen atoms in total. The smallest absolute Gasteiger partial charge is 0.410 e. The monoisotopic (exact) mass is 329 g/mol. The number of amides is 2. The molecule has 1 atom stereocenters. The summed E-state index contributed by atoms with van der Waals surface area (Å²) in [5, 5.41) is 6.02. The largest absolute Gasteiger partial charge is 0.444 e. The fraction of sp³-hybridized carbons (Fsp3) is 0.857. The first kappa shape index (κ1) is 20.9. The van der Waals surface area contributed by atoms with Crippen LogP contribution in [0.25, 0.3) is 10.4 Å². The quantitative estimate of drug-likeness (QED) is 0.474. The average molecular weight is 329 g/mol. The zero-order valence-corrected chi connectivity index (χ0v) is 14.9. The topological polar surface area (TPSA) is 117 Å². The van der Waals surface area contributed by atoms with Crippen molar-refractivity contribution in [3.05, 3.63) is 10.4 Å². The molecule has 2 amide bonds. The normalized spacial score (nSPS) is 12.7. The molecule has 0 rings (SSSR count). The molecule has 23 heavy (non-hydrogen) atoms. The summed E-state index contributed by atoms with van der Waals surface area (Å²) < 4.78 is 10.4. The first-order valence-corrected chi connectivity index (χ1v) is 7.29. The fourth-order valence-corrected chi connectivity index (χ4v) is 1.45. The van der Waals surface area contributed by atoms with E-state index in [-0.39, 0.29) is 13.1 Å². The molecule has 9 heteroatoms. The molecule has 0 spiro atoms. The third-order valence-electron chi connectivity index (χ3n) is 2.47. The van der Waals surface area contributed by atoms with Crippen molar-refractivity contribution in [2.45, 2.75) is 58.8 Å². The van der Waals surface area contributed by atoms with E-state index in [0.717, 1.165) is 0 Å². The van der Waals surface area contributed by atoms with Gasteiger partial charge in [0, 0.05) is 25.0 Å². The van der Waals surface area contributed by atoms with Crippen LogP contribution >= 0.6 is 0 Å². The Morgan fingerprint density at radius 2 is 1.70 bits per heavy atom. The van der Waals surface area contributed by atoms with Gasteiger partial charge in [-0.25, -0.2) is 9.59 Å². The highest BCUT2D eigenvalue weighted by molar-refractivity contribution is 5.69. The minimum atomic E-state index is -0.646. The fourth-order valence-electron chi connectivity index (χ4n) is 1.45. The minimum Gasteiger partial charge on any atom is -0.444 e. The van der Waals surface area contributed by atoms with E-state index in [1.165, 1.54) is 11.9 Å². The van der Waals surface area contributed by atoms with Gasteiger partial charge in [-0.05, 0) is 47.1 Å². The van der Waals surface area contributed by atoms with Crippen LogP contribution in [0.4, 0.5) is 9.59 Å². The highest BCUT2D eigenvalue weighted by Gasteiger charge is 2.26. The third kappa shape index (κ3) is 10.2. The molecule has 0 saturated heterocycles. The number of nitrogens with zero attached hydrogens (tertiary/aromatic N) is 4. The van der Waals surface area contributed by atoms with Crippen molar-refractivity contribution in [1.82, 2.24) is 10.2 Å². The second-order valence-electron chi connectivity index (χ2n) is 7.04. The van der Waals surface area contributed by atoms with E-state index >= 15 is 0 Å². The van der Waals surface area contributed by atoms with Crippen LogP contribution in [0, 0.1) is 0 Å². The molecule has 1 N–H and O–H groups in total. The lowest BCUT2D eigenvalue weighted by molar-refractivity contribution is 0.0212. The third-order valence-corrected chi connectivity index (χ3v) is 2.47. The lowest BCUT2D eigenvalue weighted by Gasteiger charge is -2.30. The Bertz CT molecular complexity index is 461. The average Bonchev–Trinajstić information content (AvgIpc) is 2.34. The Labute approximate surface area is 136 Å². The second-order valence-corrected chi connectivity index (χ2v) is 7.04. The van der Waals surface area contributed by atoms with Crippen LogP contribution in [0.5, 0.6) is 0 Å².